The Balaban J connectivity index is 2.15. The molecule has 0 aromatic carbocycles. The molecule has 2 N–H and O–H groups in total. The summed E-state index contributed by atoms with van der Waals surface area (Å²) in [6.45, 7) is 3.93. The maximum absolute atomic E-state index is 11.3. The largest absolute Gasteiger partial charge is 0.251 e. The van der Waals surface area contributed by atoms with Crippen molar-refractivity contribution >= 4 is 11.0 Å². The molecule has 2 fully saturated rings. The summed E-state index contributed by atoms with van der Waals surface area (Å²) in [7, 11) is -1.25. The van der Waals surface area contributed by atoms with Crippen LogP contribution >= 0.6 is 0 Å². The van der Waals surface area contributed by atoms with Crippen molar-refractivity contribution in [2.24, 2.45) is 17.0 Å². The highest BCUT2D eigenvalue weighted by atomic mass is 32.2. The summed E-state index contributed by atoms with van der Waals surface area (Å²) in [5.74, 6) is 1.59. The average Bonchev–Trinajstić information content (AvgIpc) is 2.94. The molecule has 0 amide bonds. The van der Waals surface area contributed by atoms with Crippen LogP contribution in [0, 0.1) is 11.8 Å². The van der Waals surface area contributed by atoms with Gasteiger partial charge < -0.3 is 0 Å². The SMILES string of the molecule is CC(C)(C=C(C1CC1)C1CC1)S(N)=O. The van der Waals surface area contributed by atoms with Gasteiger partial charge in [0, 0.05) is 0 Å². The molecule has 2 saturated carbocycles. The van der Waals surface area contributed by atoms with Crippen LogP contribution < -0.4 is 5.14 Å². The van der Waals surface area contributed by atoms with Gasteiger partial charge in [0.2, 0.25) is 0 Å². The van der Waals surface area contributed by atoms with Gasteiger partial charge in [-0.15, -0.1) is 0 Å². The van der Waals surface area contributed by atoms with Gasteiger partial charge in [0.05, 0.1) is 15.7 Å². The van der Waals surface area contributed by atoms with Crippen molar-refractivity contribution in [3.8, 4) is 0 Å². The lowest BCUT2D eigenvalue weighted by atomic mass is 10.0. The molecule has 80 valence electrons. The van der Waals surface area contributed by atoms with Crippen molar-refractivity contribution in [1.82, 2.24) is 0 Å². The molecular formula is C11H19NOS. The van der Waals surface area contributed by atoms with E-state index in [9.17, 15) is 4.21 Å². The van der Waals surface area contributed by atoms with Crippen molar-refractivity contribution in [3.05, 3.63) is 11.6 Å². The zero-order valence-electron chi connectivity index (χ0n) is 8.95. The first-order valence-corrected chi connectivity index (χ1v) is 6.61. The lowest BCUT2D eigenvalue weighted by molar-refractivity contribution is 0.661. The van der Waals surface area contributed by atoms with E-state index >= 15 is 0 Å². The number of rotatable bonds is 4. The Bertz CT molecular complexity index is 274. The first kappa shape index (κ1) is 10.4. The molecule has 0 heterocycles. The van der Waals surface area contributed by atoms with E-state index in [1.54, 1.807) is 5.57 Å². The molecule has 2 aliphatic rings. The number of hydrogen-bond acceptors (Lipinski definition) is 1. The molecular weight excluding hydrogens is 194 g/mol. The second kappa shape index (κ2) is 3.46. The summed E-state index contributed by atoms with van der Waals surface area (Å²) in [5.41, 5.74) is 1.55. The van der Waals surface area contributed by atoms with Gasteiger partial charge in [-0.3, -0.25) is 5.14 Å². The van der Waals surface area contributed by atoms with Crippen LogP contribution in [0.15, 0.2) is 11.6 Å². The van der Waals surface area contributed by atoms with Crippen LogP contribution in [0.2, 0.25) is 0 Å². The van der Waals surface area contributed by atoms with Gasteiger partial charge in [-0.05, 0) is 51.4 Å². The smallest absolute Gasteiger partial charge is 0.0984 e. The molecule has 0 aliphatic heterocycles. The zero-order valence-corrected chi connectivity index (χ0v) is 9.77. The lowest BCUT2D eigenvalue weighted by Gasteiger charge is -2.19. The molecule has 0 bridgehead atoms. The Morgan fingerprint density at radius 1 is 1.29 bits per heavy atom. The minimum absolute atomic E-state index is 0.347. The molecule has 0 spiro atoms. The summed E-state index contributed by atoms with van der Waals surface area (Å²) < 4.78 is 11.0. The summed E-state index contributed by atoms with van der Waals surface area (Å²) in [5, 5.41) is 5.49. The van der Waals surface area contributed by atoms with Crippen molar-refractivity contribution in [2.45, 2.75) is 44.3 Å². The van der Waals surface area contributed by atoms with Gasteiger partial charge in [0.25, 0.3) is 0 Å². The third-order valence-corrected chi connectivity index (χ3v) is 4.29. The Morgan fingerprint density at radius 2 is 1.71 bits per heavy atom. The highest BCUT2D eigenvalue weighted by molar-refractivity contribution is 7.84. The first-order chi connectivity index (χ1) is 6.50. The van der Waals surface area contributed by atoms with Gasteiger partial charge in [-0.2, -0.15) is 0 Å². The van der Waals surface area contributed by atoms with Crippen molar-refractivity contribution in [3.63, 3.8) is 0 Å². The molecule has 0 aromatic rings. The fourth-order valence-electron chi connectivity index (χ4n) is 1.86. The molecule has 1 atom stereocenters. The van der Waals surface area contributed by atoms with Gasteiger partial charge in [0.1, 0.15) is 0 Å². The fraction of sp³-hybridized carbons (Fsp3) is 0.818. The Labute approximate surface area is 88.5 Å². The van der Waals surface area contributed by atoms with Crippen LogP contribution in [0.3, 0.4) is 0 Å². The summed E-state index contributed by atoms with van der Waals surface area (Å²) >= 11 is 0. The second-order valence-corrected chi connectivity index (χ2v) is 6.74. The highest BCUT2D eigenvalue weighted by Crippen LogP contribution is 2.49. The molecule has 2 rings (SSSR count). The first-order valence-electron chi connectivity index (χ1n) is 5.39. The molecule has 2 aliphatic carbocycles. The fourth-order valence-corrected chi connectivity index (χ4v) is 2.11. The van der Waals surface area contributed by atoms with Gasteiger partial charge in [-0.1, -0.05) is 11.6 Å². The Kier molecular flexibility index (Phi) is 2.56. The Hall–Kier alpha value is -0.150. The van der Waals surface area contributed by atoms with E-state index in [4.69, 9.17) is 5.14 Å². The van der Waals surface area contributed by atoms with Crippen LogP contribution in [0.1, 0.15) is 39.5 Å². The number of nitrogens with two attached hydrogens (primary N) is 1. The third kappa shape index (κ3) is 2.26. The standard InChI is InChI=1S/C11H19NOS/c1-11(2,14(12)13)7-10(8-3-4-8)9-5-6-9/h7-9H,3-6,12H2,1-2H3. The van der Waals surface area contributed by atoms with Crippen molar-refractivity contribution in [1.29, 1.82) is 0 Å². The predicted molar refractivity (Wildman–Crippen MR) is 59.9 cm³/mol. The monoisotopic (exact) mass is 213 g/mol. The summed E-state index contributed by atoms with van der Waals surface area (Å²) in [4.78, 5) is 0. The Morgan fingerprint density at radius 3 is 2.00 bits per heavy atom. The topological polar surface area (TPSA) is 43.1 Å². The van der Waals surface area contributed by atoms with Gasteiger partial charge >= 0.3 is 0 Å². The van der Waals surface area contributed by atoms with E-state index in [1.165, 1.54) is 25.7 Å². The quantitative estimate of drug-likeness (QED) is 0.714. The van der Waals surface area contributed by atoms with Gasteiger partial charge in [-0.25, -0.2) is 4.21 Å². The van der Waals surface area contributed by atoms with E-state index in [-0.39, 0.29) is 4.75 Å². The van der Waals surface area contributed by atoms with Crippen LogP contribution in [0.5, 0.6) is 0 Å². The van der Waals surface area contributed by atoms with Crippen LogP contribution in [-0.2, 0) is 11.0 Å². The third-order valence-electron chi connectivity index (χ3n) is 3.13. The minimum Gasteiger partial charge on any atom is -0.251 e. The molecule has 0 saturated heterocycles. The predicted octanol–water partition coefficient (Wildman–Crippen LogP) is 2.13. The van der Waals surface area contributed by atoms with E-state index in [2.05, 4.69) is 6.08 Å². The highest BCUT2D eigenvalue weighted by Gasteiger charge is 2.38. The van der Waals surface area contributed by atoms with Crippen LogP contribution in [-0.4, -0.2) is 8.96 Å². The summed E-state index contributed by atoms with van der Waals surface area (Å²) in [6.07, 6.45) is 7.51. The number of hydrogen-bond donors (Lipinski definition) is 1. The maximum atomic E-state index is 11.3. The van der Waals surface area contributed by atoms with Crippen LogP contribution in [0.25, 0.3) is 0 Å². The second-order valence-electron chi connectivity index (χ2n) is 5.09. The molecule has 2 nitrogen and oxygen atoms in total. The molecule has 14 heavy (non-hydrogen) atoms. The minimum atomic E-state index is -1.25. The van der Waals surface area contributed by atoms with E-state index < -0.39 is 11.0 Å². The maximum Gasteiger partial charge on any atom is 0.0984 e. The molecule has 0 radical (unpaired) electrons. The van der Waals surface area contributed by atoms with Crippen molar-refractivity contribution in [2.75, 3.05) is 0 Å². The van der Waals surface area contributed by atoms with E-state index in [1.807, 2.05) is 13.8 Å². The number of allylic oxidation sites excluding steroid dienone is 1. The average molecular weight is 213 g/mol. The lowest BCUT2D eigenvalue weighted by Crippen LogP contribution is -2.30. The van der Waals surface area contributed by atoms with E-state index in [0.29, 0.717) is 0 Å². The molecule has 0 aromatic heterocycles. The molecule has 1 unspecified atom stereocenters. The molecule has 3 heteroatoms. The van der Waals surface area contributed by atoms with Crippen molar-refractivity contribution < 1.29 is 4.21 Å². The zero-order chi connectivity index (χ0) is 10.3. The normalized spacial score (nSPS) is 24.5. The van der Waals surface area contributed by atoms with Crippen LogP contribution in [0.4, 0.5) is 0 Å². The van der Waals surface area contributed by atoms with E-state index in [0.717, 1.165) is 11.8 Å². The summed E-state index contributed by atoms with van der Waals surface area (Å²) in [6, 6.07) is 0. The van der Waals surface area contributed by atoms with Gasteiger partial charge in [0.15, 0.2) is 0 Å².